The Kier molecular flexibility index (Phi) is 4.24. The summed E-state index contributed by atoms with van der Waals surface area (Å²) in [6, 6.07) is 3.58. The molecule has 1 heterocycles. The second-order valence-electron chi connectivity index (χ2n) is 3.22. The van der Waals surface area contributed by atoms with Crippen LogP contribution in [0.5, 0.6) is 0 Å². The van der Waals surface area contributed by atoms with Crippen molar-refractivity contribution in [2.24, 2.45) is 5.14 Å². The number of sulfonamides is 1. The Bertz CT molecular complexity index is 522. The number of aromatic nitrogens is 1. The third kappa shape index (κ3) is 3.77. The van der Waals surface area contributed by atoms with Gasteiger partial charge in [0.05, 0.1) is 11.3 Å². The van der Waals surface area contributed by atoms with Gasteiger partial charge in [0.25, 0.3) is 0 Å². The van der Waals surface area contributed by atoms with Crippen LogP contribution in [-0.4, -0.2) is 19.2 Å². The molecule has 0 aliphatic carbocycles. The van der Waals surface area contributed by atoms with Crippen LogP contribution in [-0.2, 0) is 16.4 Å². The van der Waals surface area contributed by atoms with E-state index in [1.165, 1.54) is 6.20 Å². The largest absolute Gasteiger partial charge is 0.243 e. The van der Waals surface area contributed by atoms with E-state index in [0.29, 0.717) is 24.0 Å². The maximum atomic E-state index is 10.7. The zero-order valence-corrected chi connectivity index (χ0v) is 9.92. The fraction of sp³-hybridized carbons (Fsp3) is 0.333. The summed E-state index contributed by atoms with van der Waals surface area (Å²) >= 11 is 5.72. The molecule has 86 valence electrons. The lowest BCUT2D eigenvalue weighted by molar-refractivity contribution is 0.595. The van der Waals surface area contributed by atoms with Crippen LogP contribution in [0.15, 0.2) is 12.3 Å². The first-order valence-corrected chi connectivity index (χ1v) is 6.57. The highest BCUT2D eigenvalue weighted by Gasteiger charge is 2.09. The molecule has 2 N–H and O–H groups in total. The average Bonchev–Trinajstić information content (AvgIpc) is 2.16. The molecule has 5 nitrogen and oxygen atoms in total. The predicted molar refractivity (Wildman–Crippen MR) is 60.3 cm³/mol. The van der Waals surface area contributed by atoms with E-state index in [0.717, 1.165) is 0 Å². The Labute approximate surface area is 98.9 Å². The first kappa shape index (κ1) is 12.9. The standard InChI is InChI=1S/C9H10ClN3O2S/c10-9-8(6-11)7(3-4-13-9)2-1-5-16(12,14)15/h3-4H,1-2,5H2,(H2,12,14,15). The molecule has 0 atom stereocenters. The van der Waals surface area contributed by atoms with Crippen LogP contribution in [0, 0.1) is 11.3 Å². The molecule has 1 aromatic heterocycles. The van der Waals surface area contributed by atoms with E-state index in [2.05, 4.69) is 4.98 Å². The van der Waals surface area contributed by atoms with Gasteiger partial charge in [0.2, 0.25) is 10.0 Å². The zero-order valence-electron chi connectivity index (χ0n) is 8.35. The number of nitrogens with two attached hydrogens (primary N) is 1. The number of nitrogens with zero attached hydrogens (tertiary/aromatic N) is 2. The van der Waals surface area contributed by atoms with Gasteiger partial charge >= 0.3 is 0 Å². The van der Waals surface area contributed by atoms with Crippen LogP contribution in [0.4, 0.5) is 0 Å². The van der Waals surface area contributed by atoms with E-state index in [4.69, 9.17) is 22.0 Å². The van der Waals surface area contributed by atoms with E-state index >= 15 is 0 Å². The second kappa shape index (κ2) is 5.25. The molecule has 0 aromatic carbocycles. The van der Waals surface area contributed by atoms with Crippen molar-refractivity contribution < 1.29 is 8.42 Å². The Balaban J connectivity index is 2.76. The van der Waals surface area contributed by atoms with Crippen molar-refractivity contribution in [2.75, 3.05) is 5.75 Å². The highest BCUT2D eigenvalue weighted by molar-refractivity contribution is 7.89. The highest BCUT2D eigenvalue weighted by atomic mass is 35.5. The molecule has 16 heavy (non-hydrogen) atoms. The van der Waals surface area contributed by atoms with Gasteiger partial charge in [-0.3, -0.25) is 0 Å². The molecule has 0 saturated heterocycles. The molecule has 0 unspecified atom stereocenters. The van der Waals surface area contributed by atoms with E-state index in [1.54, 1.807) is 6.07 Å². The van der Waals surface area contributed by atoms with E-state index in [-0.39, 0.29) is 10.9 Å². The Morgan fingerprint density at radius 2 is 2.25 bits per heavy atom. The van der Waals surface area contributed by atoms with Crippen molar-refractivity contribution in [3.05, 3.63) is 28.5 Å². The topological polar surface area (TPSA) is 96.8 Å². The number of hydrogen-bond donors (Lipinski definition) is 1. The summed E-state index contributed by atoms with van der Waals surface area (Å²) in [6.07, 6.45) is 2.27. The summed E-state index contributed by atoms with van der Waals surface area (Å²) in [4.78, 5) is 3.77. The second-order valence-corrected chi connectivity index (χ2v) is 5.31. The fourth-order valence-electron chi connectivity index (χ4n) is 1.26. The molecule has 0 spiro atoms. The van der Waals surface area contributed by atoms with Gasteiger partial charge in [0, 0.05) is 6.20 Å². The lowest BCUT2D eigenvalue weighted by atomic mass is 10.1. The monoisotopic (exact) mass is 259 g/mol. The minimum absolute atomic E-state index is 0.113. The summed E-state index contributed by atoms with van der Waals surface area (Å²) < 4.78 is 21.4. The van der Waals surface area contributed by atoms with Crippen LogP contribution >= 0.6 is 11.6 Å². The molecule has 0 fully saturated rings. The van der Waals surface area contributed by atoms with Gasteiger partial charge in [-0.25, -0.2) is 18.5 Å². The van der Waals surface area contributed by atoms with Crippen molar-refractivity contribution >= 4 is 21.6 Å². The molecule has 7 heteroatoms. The van der Waals surface area contributed by atoms with Gasteiger partial charge in [-0.05, 0) is 24.5 Å². The molecule has 0 amide bonds. The fourth-order valence-corrected chi connectivity index (χ4v) is 2.03. The van der Waals surface area contributed by atoms with Gasteiger partial charge < -0.3 is 0 Å². The minimum atomic E-state index is -3.46. The quantitative estimate of drug-likeness (QED) is 0.810. The molecule has 0 aliphatic heterocycles. The van der Waals surface area contributed by atoms with Crippen LogP contribution < -0.4 is 5.14 Å². The van der Waals surface area contributed by atoms with E-state index in [9.17, 15) is 8.42 Å². The van der Waals surface area contributed by atoms with Gasteiger partial charge in [-0.1, -0.05) is 11.6 Å². The minimum Gasteiger partial charge on any atom is -0.243 e. The molecule has 0 bridgehead atoms. The lowest BCUT2D eigenvalue weighted by Crippen LogP contribution is -2.16. The summed E-state index contributed by atoms with van der Waals surface area (Å²) in [5.41, 5.74) is 0.977. The molecular formula is C9H10ClN3O2S. The summed E-state index contributed by atoms with van der Waals surface area (Å²) in [5, 5.41) is 13.8. The molecule has 0 aliphatic rings. The first-order valence-electron chi connectivity index (χ1n) is 4.48. The van der Waals surface area contributed by atoms with Gasteiger partial charge in [-0.2, -0.15) is 5.26 Å². The van der Waals surface area contributed by atoms with E-state index < -0.39 is 10.0 Å². The third-order valence-corrected chi connectivity index (χ3v) is 3.12. The van der Waals surface area contributed by atoms with Crippen molar-refractivity contribution in [3.63, 3.8) is 0 Å². The zero-order chi connectivity index (χ0) is 12.2. The maximum absolute atomic E-state index is 10.7. The number of aryl methyl sites for hydroxylation is 1. The number of rotatable bonds is 4. The summed E-state index contributed by atoms with van der Waals surface area (Å²) in [5.74, 6) is -0.113. The normalized spacial score (nSPS) is 11.1. The van der Waals surface area contributed by atoms with Crippen LogP contribution in [0.25, 0.3) is 0 Å². The van der Waals surface area contributed by atoms with Crippen LogP contribution in [0.3, 0.4) is 0 Å². The number of halogens is 1. The van der Waals surface area contributed by atoms with Crippen molar-refractivity contribution in [2.45, 2.75) is 12.8 Å². The highest BCUT2D eigenvalue weighted by Crippen LogP contribution is 2.17. The average molecular weight is 260 g/mol. The number of nitriles is 1. The molecule has 1 aromatic rings. The summed E-state index contributed by atoms with van der Waals surface area (Å²) in [7, 11) is -3.46. The van der Waals surface area contributed by atoms with E-state index in [1.807, 2.05) is 6.07 Å². The number of pyridine rings is 1. The molecular weight excluding hydrogens is 250 g/mol. The van der Waals surface area contributed by atoms with Crippen molar-refractivity contribution in [1.82, 2.24) is 4.98 Å². The van der Waals surface area contributed by atoms with Crippen molar-refractivity contribution in [3.8, 4) is 6.07 Å². The molecule has 1 rings (SSSR count). The van der Waals surface area contributed by atoms with Gasteiger partial charge in [0.15, 0.2) is 0 Å². The Morgan fingerprint density at radius 1 is 1.56 bits per heavy atom. The smallest absolute Gasteiger partial charge is 0.209 e. The number of hydrogen-bond acceptors (Lipinski definition) is 4. The van der Waals surface area contributed by atoms with Crippen LogP contribution in [0.2, 0.25) is 5.15 Å². The maximum Gasteiger partial charge on any atom is 0.209 e. The number of primary sulfonamides is 1. The Morgan fingerprint density at radius 3 is 2.81 bits per heavy atom. The van der Waals surface area contributed by atoms with Gasteiger partial charge in [0.1, 0.15) is 11.2 Å². The van der Waals surface area contributed by atoms with Crippen LogP contribution in [0.1, 0.15) is 17.5 Å². The first-order chi connectivity index (χ1) is 7.44. The molecule has 0 radical (unpaired) electrons. The summed E-state index contributed by atoms with van der Waals surface area (Å²) in [6.45, 7) is 0. The lowest BCUT2D eigenvalue weighted by Gasteiger charge is -2.03. The molecule has 0 saturated carbocycles. The Hall–Kier alpha value is -1.16. The van der Waals surface area contributed by atoms with Crippen molar-refractivity contribution in [1.29, 1.82) is 5.26 Å². The third-order valence-electron chi connectivity index (χ3n) is 1.98. The predicted octanol–water partition coefficient (Wildman–Crippen LogP) is 0.828. The SMILES string of the molecule is N#Cc1c(CCCS(N)(=O)=O)ccnc1Cl. The van der Waals surface area contributed by atoms with Gasteiger partial charge in [-0.15, -0.1) is 0 Å².